The molecule has 20 heavy (non-hydrogen) atoms. The van der Waals surface area contributed by atoms with E-state index in [1.165, 1.54) is 4.88 Å². The van der Waals surface area contributed by atoms with Crippen LogP contribution in [-0.4, -0.2) is 18.5 Å². The molecule has 2 aliphatic rings. The molecule has 1 amide bonds. The molecule has 4 nitrogen and oxygen atoms in total. The fourth-order valence-corrected chi connectivity index (χ4v) is 4.08. The Bertz CT molecular complexity index is 564. The second kappa shape index (κ2) is 5.20. The summed E-state index contributed by atoms with van der Waals surface area (Å²) in [5.41, 5.74) is 1.69. The average Bonchev–Trinajstić information content (AvgIpc) is 2.82. The van der Waals surface area contributed by atoms with E-state index in [0.717, 1.165) is 31.2 Å². The molecule has 1 saturated carbocycles. The number of carbonyl (C=O) groups is 2. The molecule has 1 heterocycles. The summed E-state index contributed by atoms with van der Waals surface area (Å²) in [5.74, 6) is 0.323. The van der Waals surface area contributed by atoms with Gasteiger partial charge in [0.05, 0.1) is 12.2 Å². The smallest absolute Gasteiger partial charge is 0.341 e. The first-order valence-corrected chi connectivity index (χ1v) is 8.06. The first-order valence-electron chi connectivity index (χ1n) is 7.24. The lowest BCUT2D eigenvalue weighted by atomic mass is 10.1. The molecule has 0 aromatic carbocycles. The van der Waals surface area contributed by atoms with Crippen LogP contribution in [0.15, 0.2) is 0 Å². The van der Waals surface area contributed by atoms with Crippen molar-refractivity contribution in [2.75, 3.05) is 11.9 Å². The fraction of sp³-hybridized carbons (Fsp3) is 0.600. The van der Waals surface area contributed by atoms with Crippen LogP contribution in [0, 0.1) is 11.8 Å². The van der Waals surface area contributed by atoms with Gasteiger partial charge in [-0.05, 0) is 44.1 Å². The minimum absolute atomic E-state index is 0.0444. The van der Waals surface area contributed by atoms with Crippen LogP contribution in [0.4, 0.5) is 5.00 Å². The van der Waals surface area contributed by atoms with Gasteiger partial charge in [0, 0.05) is 10.8 Å². The maximum absolute atomic E-state index is 12.2. The number of fused-ring (bicyclic) bond motifs is 1. The number of aryl methyl sites for hydroxylation is 1. The third-order valence-electron chi connectivity index (χ3n) is 4.08. The maximum Gasteiger partial charge on any atom is 0.341 e. The van der Waals surface area contributed by atoms with E-state index in [9.17, 15) is 9.59 Å². The van der Waals surface area contributed by atoms with Crippen LogP contribution in [-0.2, 0) is 22.4 Å². The molecule has 0 aliphatic heterocycles. The van der Waals surface area contributed by atoms with Crippen LogP contribution < -0.4 is 5.32 Å². The summed E-state index contributed by atoms with van der Waals surface area (Å²) in [6.07, 6.45) is 3.95. The van der Waals surface area contributed by atoms with Crippen molar-refractivity contribution in [3.8, 4) is 0 Å². The minimum atomic E-state index is -0.300. The molecule has 2 atom stereocenters. The predicted octanol–water partition coefficient (Wildman–Crippen LogP) is 3.01. The Labute approximate surface area is 122 Å². The van der Waals surface area contributed by atoms with E-state index in [-0.39, 0.29) is 17.8 Å². The molecule has 3 rings (SSSR count). The topological polar surface area (TPSA) is 55.4 Å². The lowest BCUT2D eigenvalue weighted by Crippen LogP contribution is -2.17. The van der Waals surface area contributed by atoms with Crippen molar-refractivity contribution in [2.45, 2.75) is 39.5 Å². The molecular weight excluding hydrogens is 274 g/mol. The van der Waals surface area contributed by atoms with E-state index in [1.54, 1.807) is 18.3 Å². The molecule has 0 unspecified atom stereocenters. The van der Waals surface area contributed by atoms with Crippen LogP contribution in [0.3, 0.4) is 0 Å². The van der Waals surface area contributed by atoms with Crippen LogP contribution in [0.5, 0.6) is 0 Å². The Balaban J connectivity index is 1.86. The number of ether oxygens (including phenoxy) is 1. The third kappa shape index (κ3) is 2.35. The van der Waals surface area contributed by atoms with Gasteiger partial charge in [-0.15, -0.1) is 11.3 Å². The van der Waals surface area contributed by atoms with Gasteiger partial charge < -0.3 is 10.1 Å². The van der Waals surface area contributed by atoms with Crippen molar-refractivity contribution in [3.63, 3.8) is 0 Å². The summed E-state index contributed by atoms with van der Waals surface area (Å²) >= 11 is 1.54. The molecule has 1 fully saturated rings. The number of anilines is 1. The predicted molar refractivity (Wildman–Crippen MR) is 78.2 cm³/mol. The highest BCUT2D eigenvalue weighted by molar-refractivity contribution is 7.17. The molecule has 2 aliphatic carbocycles. The lowest BCUT2D eigenvalue weighted by molar-refractivity contribution is -0.117. The quantitative estimate of drug-likeness (QED) is 0.868. The van der Waals surface area contributed by atoms with Crippen LogP contribution >= 0.6 is 11.3 Å². The van der Waals surface area contributed by atoms with Gasteiger partial charge in [-0.3, -0.25) is 4.79 Å². The normalized spacial score (nSPS) is 23.3. The minimum Gasteiger partial charge on any atom is -0.462 e. The second-order valence-corrected chi connectivity index (χ2v) is 6.70. The second-order valence-electron chi connectivity index (χ2n) is 5.59. The van der Waals surface area contributed by atoms with E-state index < -0.39 is 0 Å². The Kier molecular flexibility index (Phi) is 3.54. The van der Waals surface area contributed by atoms with Crippen molar-refractivity contribution in [1.82, 2.24) is 0 Å². The monoisotopic (exact) mass is 293 g/mol. The van der Waals surface area contributed by atoms with Crippen molar-refractivity contribution >= 4 is 28.2 Å². The van der Waals surface area contributed by atoms with Gasteiger partial charge in [-0.25, -0.2) is 4.79 Å². The third-order valence-corrected chi connectivity index (χ3v) is 5.29. The number of carbonyl (C=O) groups excluding carboxylic acids is 2. The van der Waals surface area contributed by atoms with E-state index in [2.05, 4.69) is 12.2 Å². The number of thiophene rings is 1. The van der Waals surface area contributed by atoms with E-state index >= 15 is 0 Å². The first-order chi connectivity index (χ1) is 9.61. The molecule has 0 radical (unpaired) electrons. The standard InChI is InChI=1S/C15H19NO3S/c1-3-19-15(18)12-9-5-4-6-11(9)20-14(12)16-13(17)10-7-8(10)2/h8,10H,3-7H2,1-2H3,(H,16,17)/t8-,10+/m1/s1. The fourth-order valence-electron chi connectivity index (χ4n) is 2.80. The van der Waals surface area contributed by atoms with Crippen molar-refractivity contribution in [3.05, 3.63) is 16.0 Å². The average molecular weight is 293 g/mol. The van der Waals surface area contributed by atoms with Gasteiger partial charge >= 0.3 is 5.97 Å². The molecule has 1 aromatic rings. The Hall–Kier alpha value is -1.36. The number of esters is 1. The molecule has 0 spiro atoms. The summed E-state index contributed by atoms with van der Waals surface area (Å²) in [6, 6.07) is 0. The summed E-state index contributed by atoms with van der Waals surface area (Å²) in [6.45, 7) is 4.23. The highest BCUT2D eigenvalue weighted by Crippen LogP contribution is 2.42. The summed E-state index contributed by atoms with van der Waals surface area (Å²) in [7, 11) is 0. The van der Waals surface area contributed by atoms with Gasteiger partial charge in [-0.2, -0.15) is 0 Å². The first kappa shape index (κ1) is 13.6. The molecular formula is C15H19NO3S. The molecule has 108 valence electrons. The molecule has 1 aromatic heterocycles. The SMILES string of the molecule is CCOC(=O)c1c(NC(=O)[C@H]2C[C@H]2C)sc2c1CCC2. The Morgan fingerprint density at radius 2 is 2.15 bits per heavy atom. The highest BCUT2D eigenvalue weighted by atomic mass is 32.1. The summed E-state index contributed by atoms with van der Waals surface area (Å²) in [5, 5.41) is 3.64. The highest BCUT2D eigenvalue weighted by Gasteiger charge is 2.40. The zero-order valence-corrected chi connectivity index (χ0v) is 12.6. The molecule has 1 N–H and O–H groups in total. The zero-order valence-electron chi connectivity index (χ0n) is 11.8. The van der Waals surface area contributed by atoms with Gasteiger partial charge in [0.25, 0.3) is 0 Å². The molecule has 0 saturated heterocycles. The van der Waals surface area contributed by atoms with Crippen molar-refractivity contribution in [1.29, 1.82) is 0 Å². The molecule has 0 bridgehead atoms. The van der Waals surface area contributed by atoms with Gasteiger partial charge in [0.1, 0.15) is 5.00 Å². The van der Waals surface area contributed by atoms with E-state index in [0.29, 0.717) is 23.1 Å². The van der Waals surface area contributed by atoms with E-state index in [1.807, 2.05) is 0 Å². The number of hydrogen-bond donors (Lipinski definition) is 1. The largest absolute Gasteiger partial charge is 0.462 e. The van der Waals surface area contributed by atoms with Crippen LogP contribution in [0.25, 0.3) is 0 Å². The Morgan fingerprint density at radius 3 is 2.80 bits per heavy atom. The van der Waals surface area contributed by atoms with Crippen LogP contribution in [0.1, 0.15) is 47.5 Å². The maximum atomic E-state index is 12.2. The lowest BCUT2D eigenvalue weighted by Gasteiger charge is -2.07. The number of amides is 1. The van der Waals surface area contributed by atoms with Crippen molar-refractivity contribution in [2.24, 2.45) is 11.8 Å². The summed E-state index contributed by atoms with van der Waals surface area (Å²) in [4.78, 5) is 25.5. The summed E-state index contributed by atoms with van der Waals surface area (Å²) < 4.78 is 5.15. The van der Waals surface area contributed by atoms with E-state index in [4.69, 9.17) is 4.74 Å². The number of hydrogen-bond acceptors (Lipinski definition) is 4. The molecule has 5 heteroatoms. The number of rotatable bonds is 4. The number of nitrogens with one attached hydrogen (secondary N) is 1. The van der Waals surface area contributed by atoms with Gasteiger partial charge in [0.15, 0.2) is 0 Å². The van der Waals surface area contributed by atoms with Crippen molar-refractivity contribution < 1.29 is 14.3 Å². The Morgan fingerprint density at radius 1 is 1.40 bits per heavy atom. The van der Waals surface area contributed by atoms with Gasteiger partial charge in [0.2, 0.25) is 5.91 Å². The van der Waals surface area contributed by atoms with Crippen LogP contribution in [0.2, 0.25) is 0 Å². The van der Waals surface area contributed by atoms with Gasteiger partial charge in [-0.1, -0.05) is 6.92 Å². The zero-order chi connectivity index (χ0) is 14.3.